The van der Waals surface area contributed by atoms with E-state index in [1.54, 1.807) is 19.5 Å². The van der Waals surface area contributed by atoms with E-state index in [1.807, 2.05) is 0 Å². The maximum absolute atomic E-state index is 5.69. The standard InChI is InChI=1S/C14H18N4O/c1-9-6-10(2)8-11(7-9)12(18-15)13-14(19-3)17-5-4-16-13/h4-8,12,18H,15H2,1-3H3. The summed E-state index contributed by atoms with van der Waals surface area (Å²) < 4.78 is 5.24. The van der Waals surface area contributed by atoms with Gasteiger partial charge in [-0.2, -0.15) is 0 Å². The van der Waals surface area contributed by atoms with Crippen molar-refractivity contribution in [1.82, 2.24) is 15.4 Å². The van der Waals surface area contributed by atoms with Gasteiger partial charge >= 0.3 is 0 Å². The van der Waals surface area contributed by atoms with Gasteiger partial charge in [-0.3, -0.25) is 10.8 Å². The van der Waals surface area contributed by atoms with Gasteiger partial charge in [-0.25, -0.2) is 10.4 Å². The summed E-state index contributed by atoms with van der Waals surface area (Å²) in [4.78, 5) is 8.48. The predicted molar refractivity (Wildman–Crippen MR) is 73.7 cm³/mol. The molecule has 5 heteroatoms. The lowest BCUT2D eigenvalue weighted by Gasteiger charge is -2.18. The highest BCUT2D eigenvalue weighted by Gasteiger charge is 2.19. The maximum atomic E-state index is 5.69. The molecule has 2 aromatic rings. The smallest absolute Gasteiger partial charge is 0.237 e. The number of aromatic nitrogens is 2. The van der Waals surface area contributed by atoms with Crippen LogP contribution in [-0.4, -0.2) is 17.1 Å². The Bertz CT molecular complexity index is 551. The molecule has 0 saturated heterocycles. The van der Waals surface area contributed by atoms with Gasteiger partial charge in [-0.05, 0) is 19.4 Å². The molecule has 1 atom stereocenters. The first-order valence-electron chi connectivity index (χ1n) is 6.05. The Morgan fingerprint density at radius 2 is 1.74 bits per heavy atom. The van der Waals surface area contributed by atoms with Crippen LogP contribution >= 0.6 is 0 Å². The van der Waals surface area contributed by atoms with Crippen molar-refractivity contribution in [3.05, 3.63) is 53.0 Å². The fraction of sp³-hybridized carbons (Fsp3) is 0.286. The van der Waals surface area contributed by atoms with E-state index >= 15 is 0 Å². The molecule has 19 heavy (non-hydrogen) atoms. The SMILES string of the molecule is COc1nccnc1C(NN)c1cc(C)cc(C)c1. The second-order valence-corrected chi connectivity index (χ2v) is 4.47. The second-order valence-electron chi connectivity index (χ2n) is 4.47. The normalized spacial score (nSPS) is 12.2. The minimum Gasteiger partial charge on any atom is -0.480 e. The zero-order chi connectivity index (χ0) is 13.8. The highest BCUT2D eigenvalue weighted by atomic mass is 16.5. The lowest BCUT2D eigenvalue weighted by molar-refractivity contribution is 0.383. The molecule has 5 nitrogen and oxygen atoms in total. The molecule has 2 rings (SSSR count). The third kappa shape index (κ3) is 2.89. The van der Waals surface area contributed by atoms with Gasteiger partial charge in [0.1, 0.15) is 5.69 Å². The van der Waals surface area contributed by atoms with Crippen molar-refractivity contribution in [3.8, 4) is 5.88 Å². The summed E-state index contributed by atoms with van der Waals surface area (Å²) in [5.74, 6) is 6.16. The third-order valence-corrected chi connectivity index (χ3v) is 2.90. The summed E-state index contributed by atoms with van der Waals surface area (Å²) in [6.45, 7) is 4.11. The summed E-state index contributed by atoms with van der Waals surface area (Å²) >= 11 is 0. The average molecular weight is 258 g/mol. The van der Waals surface area contributed by atoms with Crippen molar-refractivity contribution in [2.75, 3.05) is 7.11 Å². The van der Waals surface area contributed by atoms with Crippen LogP contribution in [0.5, 0.6) is 5.88 Å². The number of benzene rings is 1. The lowest BCUT2D eigenvalue weighted by atomic mass is 9.99. The maximum Gasteiger partial charge on any atom is 0.237 e. The van der Waals surface area contributed by atoms with E-state index in [4.69, 9.17) is 10.6 Å². The number of nitrogens with two attached hydrogens (primary N) is 1. The van der Waals surface area contributed by atoms with Gasteiger partial charge in [-0.15, -0.1) is 0 Å². The minimum absolute atomic E-state index is 0.248. The van der Waals surface area contributed by atoms with Crippen molar-refractivity contribution in [2.45, 2.75) is 19.9 Å². The van der Waals surface area contributed by atoms with Gasteiger partial charge in [0.25, 0.3) is 0 Å². The van der Waals surface area contributed by atoms with Crippen LogP contribution in [0.3, 0.4) is 0 Å². The summed E-state index contributed by atoms with van der Waals surface area (Å²) in [7, 11) is 1.57. The van der Waals surface area contributed by atoms with Gasteiger partial charge in [0.05, 0.1) is 13.2 Å². The molecule has 1 aromatic heterocycles. The summed E-state index contributed by atoms with van der Waals surface area (Å²) in [6.07, 6.45) is 3.22. The van der Waals surface area contributed by atoms with E-state index in [0.717, 1.165) is 5.56 Å². The Kier molecular flexibility index (Phi) is 4.09. The molecular formula is C14H18N4O. The fourth-order valence-corrected chi connectivity index (χ4v) is 2.20. The number of nitrogens with one attached hydrogen (secondary N) is 1. The Labute approximate surface area is 112 Å². The lowest BCUT2D eigenvalue weighted by Crippen LogP contribution is -2.30. The zero-order valence-corrected chi connectivity index (χ0v) is 11.3. The Balaban J connectivity index is 2.49. The largest absolute Gasteiger partial charge is 0.480 e. The molecule has 0 aliphatic carbocycles. The number of hydrazine groups is 1. The molecule has 0 bridgehead atoms. The number of ether oxygens (including phenoxy) is 1. The molecule has 0 aliphatic heterocycles. The van der Waals surface area contributed by atoms with Crippen molar-refractivity contribution in [3.63, 3.8) is 0 Å². The summed E-state index contributed by atoms with van der Waals surface area (Å²) in [5.41, 5.74) is 6.86. The number of methoxy groups -OCH3 is 1. The number of rotatable bonds is 4. The highest BCUT2D eigenvalue weighted by molar-refractivity contribution is 5.37. The van der Waals surface area contributed by atoms with E-state index in [2.05, 4.69) is 47.4 Å². The number of aryl methyl sites for hydroxylation is 2. The van der Waals surface area contributed by atoms with E-state index in [-0.39, 0.29) is 6.04 Å². The quantitative estimate of drug-likeness (QED) is 0.644. The molecule has 100 valence electrons. The van der Waals surface area contributed by atoms with E-state index in [9.17, 15) is 0 Å². The predicted octanol–water partition coefficient (Wildman–Crippen LogP) is 1.65. The van der Waals surface area contributed by atoms with Gasteiger partial charge in [0.15, 0.2) is 0 Å². The van der Waals surface area contributed by atoms with Crippen LogP contribution in [-0.2, 0) is 0 Å². The van der Waals surface area contributed by atoms with Crippen LogP contribution in [0.25, 0.3) is 0 Å². The molecule has 0 saturated carbocycles. The summed E-state index contributed by atoms with van der Waals surface area (Å²) in [6, 6.07) is 6.02. The van der Waals surface area contributed by atoms with Gasteiger partial charge in [0.2, 0.25) is 5.88 Å². The first-order valence-corrected chi connectivity index (χ1v) is 6.05. The molecule has 1 unspecified atom stereocenters. The molecule has 0 amide bonds. The topological polar surface area (TPSA) is 73.1 Å². The van der Waals surface area contributed by atoms with Crippen LogP contribution in [0, 0.1) is 13.8 Å². The van der Waals surface area contributed by atoms with Crippen LogP contribution in [0.2, 0.25) is 0 Å². The van der Waals surface area contributed by atoms with Crippen LogP contribution in [0.1, 0.15) is 28.4 Å². The molecule has 3 N–H and O–H groups in total. The molecule has 0 spiro atoms. The molecule has 0 fully saturated rings. The Morgan fingerprint density at radius 1 is 1.11 bits per heavy atom. The van der Waals surface area contributed by atoms with Crippen LogP contribution < -0.4 is 16.0 Å². The van der Waals surface area contributed by atoms with E-state index < -0.39 is 0 Å². The average Bonchev–Trinajstić information content (AvgIpc) is 2.39. The Morgan fingerprint density at radius 3 is 2.32 bits per heavy atom. The van der Waals surface area contributed by atoms with Crippen molar-refractivity contribution < 1.29 is 4.74 Å². The molecule has 0 aliphatic rings. The highest BCUT2D eigenvalue weighted by Crippen LogP contribution is 2.26. The Hall–Kier alpha value is -1.98. The first kappa shape index (κ1) is 13.5. The number of nitrogens with zero attached hydrogens (tertiary/aromatic N) is 2. The van der Waals surface area contributed by atoms with E-state index in [1.165, 1.54) is 11.1 Å². The third-order valence-electron chi connectivity index (χ3n) is 2.90. The van der Waals surface area contributed by atoms with Crippen molar-refractivity contribution in [1.29, 1.82) is 0 Å². The van der Waals surface area contributed by atoms with Crippen LogP contribution in [0.15, 0.2) is 30.6 Å². The van der Waals surface area contributed by atoms with Gasteiger partial charge in [-0.1, -0.05) is 29.3 Å². The number of hydrogen-bond donors (Lipinski definition) is 2. The number of hydrogen-bond acceptors (Lipinski definition) is 5. The van der Waals surface area contributed by atoms with Crippen LogP contribution in [0.4, 0.5) is 0 Å². The van der Waals surface area contributed by atoms with Crippen molar-refractivity contribution in [2.24, 2.45) is 5.84 Å². The molecule has 0 radical (unpaired) electrons. The second kappa shape index (κ2) is 5.77. The van der Waals surface area contributed by atoms with Gasteiger partial charge in [0, 0.05) is 12.4 Å². The monoisotopic (exact) mass is 258 g/mol. The molecular weight excluding hydrogens is 240 g/mol. The fourth-order valence-electron chi connectivity index (χ4n) is 2.20. The first-order chi connectivity index (χ1) is 9.15. The minimum atomic E-state index is -0.248. The zero-order valence-electron chi connectivity index (χ0n) is 11.3. The van der Waals surface area contributed by atoms with Crippen molar-refractivity contribution >= 4 is 0 Å². The summed E-state index contributed by atoms with van der Waals surface area (Å²) in [5, 5.41) is 0. The molecule has 1 aromatic carbocycles. The van der Waals surface area contributed by atoms with E-state index in [0.29, 0.717) is 11.6 Å². The van der Waals surface area contributed by atoms with Gasteiger partial charge < -0.3 is 4.74 Å². The molecule has 1 heterocycles.